The van der Waals surface area contributed by atoms with Crippen molar-refractivity contribution in [3.05, 3.63) is 87.4 Å². The number of fused-ring (bicyclic) bond motifs is 3. The normalized spacial score (nSPS) is 11.8. The predicted octanol–water partition coefficient (Wildman–Crippen LogP) is 5.98. The number of phenolic OH excluding ortho intramolecular Hbond substituents is 1. The molecule has 2 N–H and O–H groups in total. The van der Waals surface area contributed by atoms with Crippen molar-refractivity contribution in [3.63, 3.8) is 0 Å². The van der Waals surface area contributed by atoms with Crippen molar-refractivity contribution >= 4 is 29.3 Å². The molecule has 0 fully saturated rings. The number of hydrogen-bond donors (Lipinski definition) is 2. The summed E-state index contributed by atoms with van der Waals surface area (Å²) in [7, 11) is 0. The van der Waals surface area contributed by atoms with E-state index in [-0.39, 0.29) is 23.3 Å². The molecule has 0 unspecified atom stereocenters. The van der Waals surface area contributed by atoms with Gasteiger partial charge in [0.25, 0.3) is 0 Å². The van der Waals surface area contributed by atoms with E-state index in [2.05, 4.69) is 41.4 Å². The molecule has 0 bridgehead atoms. The van der Waals surface area contributed by atoms with Crippen LogP contribution in [0.15, 0.2) is 60.7 Å². The Balaban J connectivity index is 1.30. The number of carbonyl (C=O) groups is 1. The summed E-state index contributed by atoms with van der Waals surface area (Å²) in [5.41, 5.74) is 5.25. The summed E-state index contributed by atoms with van der Waals surface area (Å²) in [6.07, 6.45) is -0.0617. The standard InChI is InChI=1S/C25H19Cl2NO3/c26-22-14-24(29)23(27)13-16(22)7-5-6-12-28-25(30)31-15-21-19-10-3-1-8-17(19)18-9-2-4-11-20(18)21/h1-4,8-11,13-14,21,29H,6,12,15H2,(H,28,30). The monoisotopic (exact) mass is 451 g/mol. The number of ether oxygens (including phenoxy) is 1. The lowest BCUT2D eigenvalue weighted by atomic mass is 9.98. The van der Waals surface area contributed by atoms with Crippen molar-refractivity contribution in [1.82, 2.24) is 5.32 Å². The molecule has 0 saturated carbocycles. The summed E-state index contributed by atoms with van der Waals surface area (Å²) >= 11 is 11.9. The molecule has 1 aliphatic carbocycles. The third kappa shape index (κ3) is 4.64. The number of halogens is 2. The smallest absolute Gasteiger partial charge is 0.407 e. The highest BCUT2D eigenvalue weighted by molar-refractivity contribution is 6.35. The zero-order chi connectivity index (χ0) is 21.8. The third-order valence-corrected chi connectivity index (χ3v) is 5.74. The molecule has 4 nitrogen and oxygen atoms in total. The van der Waals surface area contributed by atoms with Crippen LogP contribution in [-0.2, 0) is 4.74 Å². The van der Waals surface area contributed by atoms with E-state index in [0.717, 1.165) is 0 Å². The first-order valence-corrected chi connectivity index (χ1v) is 10.6. The maximum atomic E-state index is 12.1. The zero-order valence-corrected chi connectivity index (χ0v) is 18.0. The fraction of sp³-hybridized carbons (Fsp3) is 0.160. The molecule has 0 atom stereocenters. The molecule has 1 amide bonds. The molecule has 0 heterocycles. The molecule has 31 heavy (non-hydrogen) atoms. The highest BCUT2D eigenvalue weighted by Gasteiger charge is 2.28. The number of alkyl carbamates (subject to hydrolysis) is 1. The van der Waals surface area contributed by atoms with E-state index < -0.39 is 6.09 Å². The topological polar surface area (TPSA) is 58.6 Å². The van der Waals surface area contributed by atoms with E-state index in [1.807, 2.05) is 24.3 Å². The molecule has 6 heteroatoms. The van der Waals surface area contributed by atoms with Crippen LogP contribution in [0.4, 0.5) is 4.79 Å². The maximum absolute atomic E-state index is 12.1. The predicted molar refractivity (Wildman–Crippen MR) is 123 cm³/mol. The van der Waals surface area contributed by atoms with Crippen LogP contribution in [0.1, 0.15) is 29.0 Å². The first-order chi connectivity index (χ1) is 15.0. The number of carbonyl (C=O) groups excluding carboxylic acids is 1. The molecule has 1 aliphatic rings. The average molecular weight is 452 g/mol. The van der Waals surface area contributed by atoms with E-state index in [9.17, 15) is 9.90 Å². The minimum atomic E-state index is -0.477. The van der Waals surface area contributed by atoms with Gasteiger partial charge < -0.3 is 15.2 Å². The molecular weight excluding hydrogens is 433 g/mol. The minimum Gasteiger partial charge on any atom is -0.506 e. The van der Waals surface area contributed by atoms with Crippen LogP contribution in [0.3, 0.4) is 0 Å². The van der Waals surface area contributed by atoms with Gasteiger partial charge >= 0.3 is 6.09 Å². The first kappa shape index (κ1) is 21.1. The molecule has 3 aromatic rings. The molecule has 156 valence electrons. The van der Waals surface area contributed by atoms with Crippen molar-refractivity contribution in [3.8, 4) is 28.7 Å². The van der Waals surface area contributed by atoms with Crippen LogP contribution in [0, 0.1) is 11.8 Å². The SMILES string of the molecule is O=C(NCCC#Cc1cc(Cl)c(O)cc1Cl)OCC1c2ccccc2-c2ccccc21. The Hall–Kier alpha value is -3.13. The van der Waals surface area contributed by atoms with Gasteiger partial charge in [-0.15, -0.1) is 0 Å². The van der Waals surface area contributed by atoms with Crippen LogP contribution in [0.5, 0.6) is 5.75 Å². The third-order valence-electron chi connectivity index (χ3n) is 5.12. The van der Waals surface area contributed by atoms with Crippen molar-refractivity contribution in [2.75, 3.05) is 13.2 Å². The second-order valence-corrected chi connectivity index (χ2v) is 7.90. The second kappa shape index (κ2) is 9.34. The van der Waals surface area contributed by atoms with Crippen molar-refractivity contribution < 1.29 is 14.6 Å². The van der Waals surface area contributed by atoms with E-state index in [0.29, 0.717) is 23.6 Å². The van der Waals surface area contributed by atoms with Gasteiger partial charge in [0.05, 0.1) is 10.0 Å². The van der Waals surface area contributed by atoms with Gasteiger partial charge in [-0.1, -0.05) is 83.6 Å². The molecule has 3 aromatic carbocycles. The van der Waals surface area contributed by atoms with Crippen molar-refractivity contribution in [2.45, 2.75) is 12.3 Å². The quantitative estimate of drug-likeness (QED) is 0.378. The van der Waals surface area contributed by atoms with Crippen LogP contribution < -0.4 is 5.32 Å². The van der Waals surface area contributed by atoms with Gasteiger partial charge in [-0.25, -0.2) is 4.79 Å². The van der Waals surface area contributed by atoms with E-state index in [4.69, 9.17) is 27.9 Å². The number of phenols is 1. The van der Waals surface area contributed by atoms with Gasteiger partial charge in [0.15, 0.2) is 0 Å². The molecule has 0 aliphatic heterocycles. The van der Waals surface area contributed by atoms with Crippen LogP contribution in [0.2, 0.25) is 10.0 Å². The Kier molecular flexibility index (Phi) is 6.36. The molecule has 4 rings (SSSR count). The van der Waals surface area contributed by atoms with Gasteiger partial charge in [-0.05, 0) is 28.3 Å². The lowest BCUT2D eigenvalue weighted by molar-refractivity contribution is 0.143. The Bertz CT molecular complexity index is 1150. The summed E-state index contributed by atoms with van der Waals surface area (Å²) in [6, 6.07) is 19.3. The second-order valence-electron chi connectivity index (χ2n) is 7.09. The molecule has 0 spiro atoms. The summed E-state index contributed by atoms with van der Waals surface area (Å²) in [4.78, 5) is 12.1. The van der Waals surface area contributed by atoms with Gasteiger partial charge in [-0.3, -0.25) is 0 Å². The number of nitrogens with one attached hydrogen (secondary N) is 1. The summed E-state index contributed by atoms with van der Waals surface area (Å²) in [6.45, 7) is 0.611. The lowest BCUT2D eigenvalue weighted by Crippen LogP contribution is -2.26. The fourth-order valence-corrected chi connectivity index (χ4v) is 4.04. The van der Waals surface area contributed by atoms with Gasteiger partial charge in [0.2, 0.25) is 0 Å². The van der Waals surface area contributed by atoms with Crippen molar-refractivity contribution in [1.29, 1.82) is 0 Å². The first-order valence-electron chi connectivity index (χ1n) is 9.80. The maximum Gasteiger partial charge on any atom is 0.407 e. The van der Waals surface area contributed by atoms with E-state index >= 15 is 0 Å². The molecule has 0 radical (unpaired) electrons. The number of hydrogen-bond acceptors (Lipinski definition) is 3. The number of benzene rings is 3. The Morgan fingerprint density at radius 3 is 2.32 bits per heavy atom. The van der Waals surface area contributed by atoms with Crippen LogP contribution >= 0.6 is 23.2 Å². The van der Waals surface area contributed by atoms with E-state index in [1.54, 1.807) is 0 Å². The molecule has 0 saturated heterocycles. The number of rotatable bonds is 4. The molecule has 0 aromatic heterocycles. The van der Waals surface area contributed by atoms with Crippen molar-refractivity contribution in [2.24, 2.45) is 0 Å². The van der Waals surface area contributed by atoms with Gasteiger partial charge in [0.1, 0.15) is 12.4 Å². The highest BCUT2D eigenvalue weighted by Crippen LogP contribution is 2.44. The van der Waals surface area contributed by atoms with E-state index in [1.165, 1.54) is 34.4 Å². The number of amides is 1. The Morgan fingerprint density at radius 2 is 1.65 bits per heavy atom. The summed E-state index contributed by atoms with van der Waals surface area (Å²) < 4.78 is 5.49. The van der Waals surface area contributed by atoms with Crippen LogP contribution in [0.25, 0.3) is 11.1 Å². The lowest BCUT2D eigenvalue weighted by Gasteiger charge is -2.14. The van der Waals surface area contributed by atoms with Crippen LogP contribution in [-0.4, -0.2) is 24.4 Å². The molecular formula is C25H19Cl2NO3. The zero-order valence-electron chi connectivity index (χ0n) is 16.5. The fourth-order valence-electron chi connectivity index (χ4n) is 3.67. The largest absolute Gasteiger partial charge is 0.506 e. The minimum absolute atomic E-state index is 0.0272. The summed E-state index contributed by atoms with van der Waals surface area (Å²) in [5, 5.41) is 12.7. The average Bonchev–Trinajstić information content (AvgIpc) is 3.09. The number of aromatic hydroxyl groups is 1. The Labute approximate surface area is 190 Å². The van der Waals surface area contributed by atoms with Gasteiger partial charge in [0, 0.05) is 30.5 Å². The van der Waals surface area contributed by atoms with Gasteiger partial charge in [-0.2, -0.15) is 0 Å². The summed E-state index contributed by atoms with van der Waals surface area (Å²) in [5.74, 6) is 5.75. The Morgan fingerprint density at radius 1 is 1.00 bits per heavy atom. The highest BCUT2D eigenvalue weighted by atomic mass is 35.5.